The number of pyridine rings is 1. The number of aryl methyl sites for hydroxylation is 3. The van der Waals surface area contributed by atoms with Crippen LogP contribution in [0.4, 0.5) is 5.82 Å². The first-order valence-electron chi connectivity index (χ1n) is 8.66. The lowest BCUT2D eigenvalue weighted by molar-refractivity contribution is 0.698. The second kappa shape index (κ2) is 6.36. The fraction of sp³-hybridized carbons (Fsp3) is 0.368. The molecule has 0 radical (unpaired) electrons. The first kappa shape index (κ1) is 17.0. The average molecular weight is 369 g/mol. The minimum absolute atomic E-state index is 0.298. The third-order valence-corrected chi connectivity index (χ3v) is 5.17. The molecular formula is C19H21ClN6. The molecule has 1 aliphatic rings. The predicted molar refractivity (Wildman–Crippen MR) is 102 cm³/mol. The smallest absolute Gasteiger partial charge is 0.224 e. The molecule has 0 amide bonds. The van der Waals surface area contributed by atoms with Crippen LogP contribution in [0.3, 0.4) is 0 Å². The van der Waals surface area contributed by atoms with Gasteiger partial charge in [-0.25, -0.2) is 9.97 Å². The lowest BCUT2D eigenvalue weighted by atomic mass is 10.0. The zero-order valence-corrected chi connectivity index (χ0v) is 16.2. The molecule has 0 saturated heterocycles. The topological polar surface area (TPSA) is 59.7 Å². The highest BCUT2D eigenvalue weighted by molar-refractivity contribution is 6.28. The van der Waals surface area contributed by atoms with Crippen LogP contribution in [0, 0.1) is 20.8 Å². The van der Waals surface area contributed by atoms with Crippen LogP contribution in [0.25, 0.3) is 11.1 Å². The van der Waals surface area contributed by atoms with Crippen molar-refractivity contribution in [1.29, 1.82) is 0 Å². The van der Waals surface area contributed by atoms with Gasteiger partial charge in [-0.3, -0.25) is 9.67 Å². The highest BCUT2D eigenvalue weighted by Crippen LogP contribution is 2.30. The van der Waals surface area contributed by atoms with Crippen molar-refractivity contribution < 1.29 is 0 Å². The molecule has 0 aromatic carbocycles. The van der Waals surface area contributed by atoms with Crippen molar-refractivity contribution >= 4 is 17.4 Å². The zero-order valence-electron chi connectivity index (χ0n) is 15.4. The Morgan fingerprint density at radius 2 is 1.92 bits per heavy atom. The van der Waals surface area contributed by atoms with Gasteiger partial charge in [0.1, 0.15) is 5.82 Å². The van der Waals surface area contributed by atoms with Crippen LogP contribution in [0.2, 0.25) is 5.28 Å². The van der Waals surface area contributed by atoms with Crippen molar-refractivity contribution in [2.45, 2.75) is 33.7 Å². The summed E-state index contributed by atoms with van der Waals surface area (Å²) in [6, 6.07) is 2.23. The van der Waals surface area contributed by atoms with Gasteiger partial charge >= 0.3 is 0 Å². The maximum atomic E-state index is 6.10. The van der Waals surface area contributed by atoms with Crippen molar-refractivity contribution in [3.8, 4) is 11.1 Å². The SMILES string of the molecule is Cc1nn(C)cc1-c1cnc2c(c1)CN(c1nc(Cl)nc(C)c1C)CC2. The van der Waals surface area contributed by atoms with Crippen LogP contribution in [-0.2, 0) is 20.0 Å². The number of halogens is 1. The molecule has 0 N–H and O–H groups in total. The van der Waals surface area contributed by atoms with Crippen molar-refractivity contribution in [3.05, 3.63) is 52.0 Å². The van der Waals surface area contributed by atoms with Crippen LogP contribution < -0.4 is 4.90 Å². The van der Waals surface area contributed by atoms with E-state index in [0.29, 0.717) is 5.28 Å². The van der Waals surface area contributed by atoms with E-state index in [1.54, 1.807) is 0 Å². The Morgan fingerprint density at radius 1 is 1.12 bits per heavy atom. The second-order valence-electron chi connectivity index (χ2n) is 6.83. The Hall–Kier alpha value is -2.47. The lowest BCUT2D eigenvalue weighted by Crippen LogP contribution is -2.32. The minimum Gasteiger partial charge on any atom is -0.351 e. The molecule has 3 aromatic rings. The normalized spacial score (nSPS) is 13.8. The molecule has 6 nitrogen and oxygen atoms in total. The molecule has 0 fully saturated rings. The number of anilines is 1. The van der Waals surface area contributed by atoms with Gasteiger partial charge < -0.3 is 4.90 Å². The van der Waals surface area contributed by atoms with E-state index < -0.39 is 0 Å². The molecule has 3 aromatic heterocycles. The van der Waals surface area contributed by atoms with E-state index in [2.05, 4.69) is 26.0 Å². The van der Waals surface area contributed by atoms with E-state index in [9.17, 15) is 0 Å². The first-order valence-corrected chi connectivity index (χ1v) is 9.04. The van der Waals surface area contributed by atoms with Crippen LogP contribution >= 0.6 is 11.6 Å². The molecule has 0 unspecified atom stereocenters. The molecule has 0 saturated carbocycles. The number of aromatic nitrogens is 5. The summed E-state index contributed by atoms with van der Waals surface area (Å²) in [6.45, 7) is 7.68. The number of hydrogen-bond donors (Lipinski definition) is 0. The molecule has 4 rings (SSSR count). The van der Waals surface area contributed by atoms with Crippen molar-refractivity contribution in [3.63, 3.8) is 0 Å². The molecule has 26 heavy (non-hydrogen) atoms. The number of rotatable bonds is 2. The van der Waals surface area contributed by atoms with Gasteiger partial charge in [0, 0.05) is 67.0 Å². The van der Waals surface area contributed by atoms with Crippen molar-refractivity contribution in [2.24, 2.45) is 7.05 Å². The molecule has 0 atom stereocenters. The van der Waals surface area contributed by atoms with Crippen molar-refractivity contribution in [2.75, 3.05) is 11.4 Å². The molecule has 0 aliphatic carbocycles. The van der Waals surface area contributed by atoms with Gasteiger partial charge in [0.25, 0.3) is 0 Å². The summed E-state index contributed by atoms with van der Waals surface area (Å²) in [5.74, 6) is 0.913. The maximum absolute atomic E-state index is 6.10. The van der Waals surface area contributed by atoms with Gasteiger partial charge in [-0.15, -0.1) is 0 Å². The fourth-order valence-corrected chi connectivity index (χ4v) is 3.73. The van der Waals surface area contributed by atoms with Gasteiger partial charge in [-0.1, -0.05) is 0 Å². The van der Waals surface area contributed by atoms with Gasteiger partial charge in [-0.2, -0.15) is 5.10 Å². The highest BCUT2D eigenvalue weighted by Gasteiger charge is 2.22. The van der Waals surface area contributed by atoms with E-state index in [-0.39, 0.29) is 0 Å². The number of nitrogens with zero attached hydrogens (tertiary/aromatic N) is 6. The summed E-state index contributed by atoms with van der Waals surface area (Å²) in [7, 11) is 1.94. The predicted octanol–water partition coefficient (Wildman–Crippen LogP) is 3.41. The third kappa shape index (κ3) is 2.94. The summed E-state index contributed by atoms with van der Waals surface area (Å²) in [5, 5.41) is 4.74. The Kier molecular flexibility index (Phi) is 4.15. The lowest BCUT2D eigenvalue weighted by Gasteiger charge is -2.30. The molecular weight excluding hydrogens is 348 g/mol. The minimum atomic E-state index is 0.298. The van der Waals surface area contributed by atoms with Crippen LogP contribution in [0.15, 0.2) is 18.5 Å². The van der Waals surface area contributed by atoms with Crippen LogP contribution in [0.5, 0.6) is 0 Å². The summed E-state index contributed by atoms with van der Waals surface area (Å²) in [6.07, 6.45) is 4.88. The van der Waals surface area contributed by atoms with E-state index >= 15 is 0 Å². The molecule has 1 aliphatic heterocycles. The average Bonchev–Trinajstić information content (AvgIpc) is 2.95. The maximum Gasteiger partial charge on any atom is 0.224 e. The molecule has 0 spiro atoms. The number of fused-ring (bicyclic) bond motifs is 1. The summed E-state index contributed by atoms with van der Waals surface area (Å²) in [5.41, 5.74) is 7.61. The molecule has 0 bridgehead atoms. The Bertz CT molecular complexity index is 994. The van der Waals surface area contributed by atoms with Gasteiger partial charge in [0.2, 0.25) is 5.28 Å². The van der Waals surface area contributed by atoms with Crippen LogP contribution in [0.1, 0.15) is 28.2 Å². The molecule has 4 heterocycles. The standard InChI is InChI=1S/C19H21ClN6/c1-11-12(2)22-19(20)23-18(11)26-6-5-17-15(9-26)7-14(8-21-17)16-10-25(4)24-13(16)3/h7-8,10H,5-6,9H2,1-4H3. The monoisotopic (exact) mass is 368 g/mol. The quantitative estimate of drug-likeness (QED) is 0.649. The van der Waals surface area contributed by atoms with E-state index in [1.807, 2.05) is 44.9 Å². The van der Waals surface area contributed by atoms with E-state index in [4.69, 9.17) is 16.6 Å². The highest BCUT2D eigenvalue weighted by atomic mass is 35.5. The van der Waals surface area contributed by atoms with E-state index in [1.165, 1.54) is 5.56 Å². The molecule has 134 valence electrons. The summed E-state index contributed by atoms with van der Waals surface area (Å²) in [4.78, 5) is 15.7. The first-order chi connectivity index (χ1) is 12.4. The zero-order chi connectivity index (χ0) is 18.4. The third-order valence-electron chi connectivity index (χ3n) is 5.00. The van der Waals surface area contributed by atoms with Gasteiger partial charge in [0.15, 0.2) is 0 Å². The van der Waals surface area contributed by atoms with Crippen molar-refractivity contribution in [1.82, 2.24) is 24.7 Å². The van der Waals surface area contributed by atoms with Gasteiger partial charge in [0.05, 0.1) is 5.69 Å². The van der Waals surface area contributed by atoms with Gasteiger partial charge in [-0.05, 0) is 44.0 Å². The van der Waals surface area contributed by atoms with Crippen LogP contribution in [-0.4, -0.2) is 31.3 Å². The fourth-order valence-electron chi connectivity index (χ4n) is 3.53. The van der Waals surface area contributed by atoms with E-state index in [0.717, 1.165) is 59.1 Å². The molecule has 7 heteroatoms. The number of hydrogen-bond acceptors (Lipinski definition) is 5. The summed E-state index contributed by atoms with van der Waals surface area (Å²) < 4.78 is 1.84. The second-order valence-corrected chi connectivity index (χ2v) is 7.17. The Labute approximate surface area is 157 Å². The summed E-state index contributed by atoms with van der Waals surface area (Å²) >= 11 is 6.10. The Morgan fingerprint density at radius 3 is 2.65 bits per heavy atom. The largest absolute Gasteiger partial charge is 0.351 e. The Balaban J connectivity index is 1.70.